The fraction of sp³-hybridized carbons (Fsp3) is 0.652. The molecule has 4 heteroatoms. The molecule has 1 rings (SSSR count). The molecular formula is C23H36O4. The van der Waals surface area contributed by atoms with Crippen molar-refractivity contribution in [3.63, 3.8) is 0 Å². The van der Waals surface area contributed by atoms with Crippen LogP contribution in [0.3, 0.4) is 0 Å². The zero-order valence-electron chi connectivity index (χ0n) is 17.8. The number of hydrogen-bond acceptors (Lipinski definition) is 4. The van der Waals surface area contributed by atoms with Crippen molar-refractivity contribution >= 4 is 11.9 Å². The van der Waals surface area contributed by atoms with Crippen molar-refractivity contribution in [2.75, 3.05) is 0 Å². The van der Waals surface area contributed by atoms with Crippen molar-refractivity contribution in [1.29, 1.82) is 0 Å². The van der Waals surface area contributed by atoms with E-state index in [1.54, 1.807) is 6.07 Å². The third-order valence-corrected chi connectivity index (χ3v) is 4.32. The minimum Gasteiger partial charge on any atom is -0.423 e. The molecule has 0 N–H and O–H groups in total. The highest BCUT2D eigenvalue weighted by Gasteiger charge is 2.16. The second kappa shape index (κ2) is 11.8. The highest BCUT2D eigenvalue weighted by molar-refractivity contribution is 5.76. The first kappa shape index (κ1) is 23.2. The molecule has 0 saturated heterocycles. The monoisotopic (exact) mass is 376 g/mol. The zero-order chi connectivity index (χ0) is 20.4. The summed E-state index contributed by atoms with van der Waals surface area (Å²) in [5.74, 6) is 1.56. The minimum atomic E-state index is -0.293. The van der Waals surface area contributed by atoms with Gasteiger partial charge in [-0.2, -0.15) is 0 Å². The lowest BCUT2D eigenvalue weighted by molar-refractivity contribution is -0.137. The third kappa shape index (κ3) is 10.2. The molecular weight excluding hydrogens is 340 g/mol. The predicted octanol–water partition coefficient (Wildman–Crippen LogP) is 5.96. The van der Waals surface area contributed by atoms with Gasteiger partial charge in [-0.05, 0) is 61.1 Å². The molecule has 1 aromatic rings. The maximum atomic E-state index is 12.2. The van der Waals surface area contributed by atoms with E-state index in [0.717, 1.165) is 31.2 Å². The summed E-state index contributed by atoms with van der Waals surface area (Å²) in [4.78, 5) is 24.3. The number of ether oxygens (including phenoxy) is 2. The molecule has 0 amide bonds. The molecule has 0 aromatic heterocycles. The molecule has 0 heterocycles. The molecule has 0 unspecified atom stereocenters. The standard InChI is InChI=1S/C23H36O4/c1-16(2)7-10-19-11-12-20(26-22(24)13-8-17(3)4)21(15-19)27-23(25)14-9-18(5)6/h11-12,15-18H,7-10,13-14H2,1-6H3. The van der Waals surface area contributed by atoms with E-state index < -0.39 is 0 Å². The van der Waals surface area contributed by atoms with E-state index in [-0.39, 0.29) is 11.9 Å². The van der Waals surface area contributed by atoms with Crippen LogP contribution in [-0.4, -0.2) is 11.9 Å². The largest absolute Gasteiger partial charge is 0.423 e. The van der Waals surface area contributed by atoms with Crippen LogP contribution < -0.4 is 9.47 Å². The van der Waals surface area contributed by atoms with Crippen molar-refractivity contribution in [2.24, 2.45) is 17.8 Å². The van der Waals surface area contributed by atoms with Crippen LogP contribution in [0.5, 0.6) is 11.5 Å². The van der Waals surface area contributed by atoms with Crippen molar-refractivity contribution in [3.8, 4) is 11.5 Å². The Kier molecular flexibility index (Phi) is 10.1. The van der Waals surface area contributed by atoms with Gasteiger partial charge in [-0.1, -0.05) is 47.6 Å². The topological polar surface area (TPSA) is 52.6 Å². The molecule has 152 valence electrons. The van der Waals surface area contributed by atoms with Gasteiger partial charge in [0.2, 0.25) is 0 Å². The average Bonchev–Trinajstić information content (AvgIpc) is 2.58. The van der Waals surface area contributed by atoms with Gasteiger partial charge in [0.15, 0.2) is 11.5 Å². The van der Waals surface area contributed by atoms with Gasteiger partial charge < -0.3 is 9.47 Å². The number of esters is 2. The lowest BCUT2D eigenvalue weighted by Crippen LogP contribution is -2.13. The van der Waals surface area contributed by atoms with E-state index in [0.29, 0.717) is 42.1 Å². The van der Waals surface area contributed by atoms with Crippen LogP contribution in [-0.2, 0) is 16.0 Å². The van der Waals surface area contributed by atoms with Crippen LogP contribution in [0, 0.1) is 17.8 Å². The van der Waals surface area contributed by atoms with E-state index in [9.17, 15) is 9.59 Å². The van der Waals surface area contributed by atoms with Gasteiger partial charge in [-0.25, -0.2) is 0 Å². The smallest absolute Gasteiger partial charge is 0.311 e. The summed E-state index contributed by atoms with van der Waals surface area (Å²) in [6, 6.07) is 5.52. The molecule has 0 aliphatic carbocycles. The SMILES string of the molecule is CC(C)CCC(=O)Oc1ccc(CCC(C)C)cc1OC(=O)CCC(C)C. The van der Waals surface area contributed by atoms with Gasteiger partial charge in [0.25, 0.3) is 0 Å². The normalized spacial score (nSPS) is 11.3. The Bertz CT molecular complexity index is 602. The first-order chi connectivity index (χ1) is 12.7. The maximum absolute atomic E-state index is 12.2. The first-order valence-electron chi connectivity index (χ1n) is 10.2. The summed E-state index contributed by atoms with van der Waals surface area (Å²) in [6.07, 6.45) is 4.20. The zero-order valence-corrected chi connectivity index (χ0v) is 17.8. The van der Waals surface area contributed by atoms with E-state index in [1.807, 2.05) is 12.1 Å². The Balaban J connectivity index is 2.88. The Morgan fingerprint density at radius 1 is 0.741 bits per heavy atom. The summed E-state index contributed by atoms with van der Waals surface area (Å²) in [5.41, 5.74) is 1.08. The number of hydrogen-bond donors (Lipinski definition) is 0. The van der Waals surface area contributed by atoms with Crippen LogP contribution in [0.15, 0.2) is 18.2 Å². The molecule has 0 atom stereocenters. The van der Waals surface area contributed by atoms with Crippen molar-refractivity contribution in [3.05, 3.63) is 23.8 Å². The summed E-state index contributed by atoms with van der Waals surface area (Å²) in [6.45, 7) is 12.6. The Hall–Kier alpha value is -1.84. The number of aryl methyl sites for hydroxylation is 1. The van der Waals surface area contributed by atoms with Gasteiger partial charge in [0.1, 0.15) is 0 Å². The van der Waals surface area contributed by atoms with Crippen LogP contribution >= 0.6 is 0 Å². The minimum absolute atomic E-state index is 0.288. The molecule has 0 bridgehead atoms. The average molecular weight is 377 g/mol. The lowest BCUT2D eigenvalue weighted by atomic mass is 10.0. The second-order valence-electron chi connectivity index (χ2n) is 8.53. The van der Waals surface area contributed by atoms with Gasteiger partial charge in [0, 0.05) is 12.8 Å². The fourth-order valence-electron chi connectivity index (χ4n) is 2.49. The highest BCUT2D eigenvalue weighted by atomic mass is 16.6. The van der Waals surface area contributed by atoms with Gasteiger partial charge in [-0.3, -0.25) is 9.59 Å². The molecule has 0 radical (unpaired) electrons. The van der Waals surface area contributed by atoms with Gasteiger partial charge in [0.05, 0.1) is 0 Å². The molecule has 0 aliphatic rings. The van der Waals surface area contributed by atoms with Gasteiger partial charge in [-0.15, -0.1) is 0 Å². The molecule has 4 nitrogen and oxygen atoms in total. The number of benzene rings is 1. The van der Waals surface area contributed by atoms with Crippen LogP contribution in [0.2, 0.25) is 0 Å². The Morgan fingerprint density at radius 2 is 1.22 bits per heavy atom. The Labute approximate surface area is 164 Å². The molecule has 27 heavy (non-hydrogen) atoms. The second-order valence-corrected chi connectivity index (χ2v) is 8.53. The molecule has 0 aliphatic heterocycles. The molecule has 0 spiro atoms. The van der Waals surface area contributed by atoms with E-state index >= 15 is 0 Å². The maximum Gasteiger partial charge on any atom is 0.311 e. The van der Waals surface area contributed by atoms with E-state index in [4.69, 9.17) is 9.47 Å². The predicted molar refractivity (Wildman–Crippen MR) is 109 cm³/mol. The lowest BCUT2D eigenvalue weighted by Gasteiger charge is -2.14. The van der Waals surface area contributed by atoms with Crippen molar-refractivity contribution < 1.29 is 19.1 Å². The molecule has 0 saturated carbocycles. The quantitative estimate of drug-likeness (QED) is 0.353. The van der Waals surface area contributed by atoms with Crippen LogP contribution in [0.25, 0.3) is 0 Å². The third-order valence-electron chi connectivity index (χ3n) is 4.32. The van der Waals surface area contributed by atoms with Crippen molar-refractivity contribution in [2.45, 2.75) is 80.1 Å². The molecule has 1 aromatic carbocycles. The summed E-state index contributed by atoms with van der Waals surface area (Å²) < 4.78 is 11.0. The van der Waals surface area contributed by atoms with Gasteiger partial charge >= 0.3 is 11.9 Å². The van der Waals surface area contributed by atoms with Crippen LogP contribution in [0.4, 0.5) is 0 Å². The number of carbonyl (C=O) groups excluding carboxylic acids is 2. The highest BCUT2D eigenvalue weighted by Crippen LogP contribution is 2.30. The summed E-state index contributed by atoms with van der Waals surface area (Å²) in [7, 11) is 0. The number of rotatable bonds is 11. The number of carbonyl (C=O) groups is 2. The van der Waals surface area contributed by atoms with Crippen molar-refractivity contribution in [1.82, 2.24) is 0 Å². The van der Waals surface area contributed by atoms with E-state index in [2.05, 4.69) is 41.5 Å². The van der Waals surface area contributed by atoms with Crippen LogP contribution in [0.1, 0.15) is 79.2 Å². The summed E-state index contributed by atoms with van der Waals surface area (Å²) in [5, 5.41) is 0. The van der Waals surface area contributed by atoms with E-state index in [1.165, 1.54) is 0 Å². The molecule has 0 fully saturated rings. The summed E-state index contributed by atoms with van der Waals surface area (Å²) >= 11 is 0. The first-order valence-corrected chi connectivity index (χ1v) is 10.2. The fourth-order valence-corrected chi connectivity index (χ4v) is 2.49. The Morgan fingerprint density at radius 3 is 1.70 bits per heavy atom.